The van der Waals surface area contributed by atoms with Crippen LogP contribution in [-0.2, 0) is 0 Å². The summed E-state index contributed by atoms with van der Waals surface area (Å²) in [6, 6.07) is 5.47. The van der Waals surface area contributed by atoms with Crippen molar-refractivity contribution in [2.45, 2.75) is 11.6 Å². The van der Waals surface area contributed by atoms with E-state index in [1.807, 2.05) is 0 Å². The molecule has 0 bridgehead atoms. The minimum atomic E-state index is -4.23. The zero-order valence-corrected chi connectivity index (χ0v) is 10.2. The van der Waals surface area contributed by atoms with Gasteiger partial charge in [0, 0.05) is 18.8 Å². The third-order valence-corrected chi connectivity index (χ3v) is 2.85. The summed E-state index contributed by atoms with van der Waals surface area (Å²) in [6.07, 6.45) is -0.934. The highest BCUT2D eigenvalue weighted by atomic mass is 32.2. The predicted molar refractivity (Wildman–Crippen MR) is 62.7 cm³/mol. The van der Waals surface area contributed by atoms with Crippen molar-refractivity contribution in [3.63, 3.8) is 0 Å². The Labute approximate surface area is 106 Å². The van der Waals surface area contributed by atoms with E-state index in [1.54, 1.807) is 6.07 Å². The van der Waals surface area contributed by atoms with Gasteiger partial charge in [0.2, 0.25) is 0 Å². The third-order valence-electron chi connectivity index (χ3n) is 2.12. The topological polar surface area (TPSA) is 32.3 Å². The van der Waals surface area contributed by atoms with Crippen molar-refractivity contribution in [1.82, 2.24) is 5.32 Å². The van der Waals surface area contributed by atoms with Crippen molar-refractivity contribution in [2.75, 3.05) is 18.8 Å². The number of alkyl halides is 3. The van der Waals surface area contributed by atoms with E-state index < -0.39 is 17.4 Å². The molecule has 2 nitrogen and oxygen atoms in total. The van der Waals surface area contributed by atoms with Crippen LogP contribution >= 0.6 is 11.8 Å². The van der Waals surface area contributed by atoms with Crippen LogP contribution < -0.4 is 5.32 Å². The molecule has 0 spiro atoms. The molecule has 2 N–H and O–H groups in total. The number of hydrogen-bond acceptors (Lipinski definition) is 3. The molecule has 102 valence electrons. The summed E-state index contributed by atoms with van der Waals surface area (Å²) < 4.78 is 48.2. The van der Waals surface area contributed by atoms with E-state index in [-0.39, 0.29) is 30.6 Å². The fourth-order valence-electron chi connectivity index (χ4n) is 1.31. The molecule has 0 aliphatic heterocycles. The molecule has 1 aromatic rings. The van der Waals surface area contributed by atoms with Crippen LogP contribution in [0.25, 0.3) is 0 Å². The van der Waals surface area contributed by atoms with E-state index in [0.717, 1.165) is 0 Å². The van der Waals surface area contributed by atoms with E-state index in [4.69, 9.17) is 0 Å². The van der Waals surface area contributed by atoms with Crippen molar-refractivity contribution in [3.8, 4) is 0 Å². The minimum Gasteiger partial charge on any atom is -0.387 e. The van der Waals surface area contributed by atoms with Crippen LogP contribution in [0.15, 0.2) is 24.3 Å². The van der Waals surface area contributed by atoms with Gasteiger partial charge in [-0.15, -0.1) is 0 Å². The molecular weight excluding hydrogens is 270 g/mol. The van der Waals surface area contributed by atoms with Crippen molar-refractivity contribution >= 4 is 11.8 Å². The molecule has 0 heterocycles. The van der Waals surface area contributed by atoms with Crippen LogP contribution in [0.1, 0.15) is 11.7 Å². The number of halogens is 4. The molecule has 0 saturated heterocycles. The summed E-state index contributed by atoms with van der Waals surface area (Å²) >= 11 is -0.121. The second-order valence-electron chi connectivity index (χ2n) is 3.57. The molecule has 1 aromatic carbocycles. The highest BCUT2D eigenvalue weighted by Gasteiger charge is 2.27. The van der Waals surface area contributed by atoms with Crippen molar-refractivity contribution in [1.29, 1.82) is 0 Å². The molecule has 1 atom stereocenters. The van der Waals surface area contributed by atoms with E-state index in [0.29, 0.717) is 5.56 Å². The van der Waals surface area contributed by atoms with E-state index >= 15 is 0 Å². The normalized spacial score (nSPS) is 13.6. The molecule has 1 unspecified atom stereocenters. The summed E-state index contributed by atoms with van der Waals surface area (Å²) in [5.41, 5.74) is -3.84. The zero-order valence-electron chi connectivity index (χ0n) is 9.38. The summed E-state index contributed by atoms with van der Waals surface area (Å²) in [7, 11) is 0. The fourth-order valence-corrected chi connectivity index (χ4v) is 1.79. The Balaban J connectivity index is 2.23. The molecular formula is C11H13F4NOS. The maximum atomic E-state index is 12.8. The molecule has 0 aliphatic carbocycles. The van der Waals surface area contributed by atoms with Gasteiger partial charge in [-0.05, 0) is 29.5 Å². The average molecular weight is 283 g/mol. The predicted octanol–water partition coefficient (Wildman–Crippen LogP) is 2.70. The molecule has 1 rings (SSSR count). The highest BCUT2D eigenvalue weighted by molar-refractivity contribution is 8.00. The van der Waals surface area contributed by atoms with Gasteiger partial charge in [-0.1, -0.05) is 12.1 Å². The molecule has 0 aromatic heterocycles. The van der Waals surface area contributed by atoms with Gasteiger partial charge in [-0.2, -0.15) is 13.2 Å². The first-order valence-electron chi connectivity index (χ1n) is 5.23. The first-order chi connectivity index (χ1) is 8.38. The molecule has 0 fully saturated rings. The van der Waals surface area contributed by atoms with Gasteiger partial charge in [0.25, 0.3) is 0 Å². The van der Waals surface area contributed by atoms with Gasteiger partial charge in [-0.3, -0.25) is 0 Å². The number of aliphatic hydroxyl groups excluding tert-OH is 1. The average Bonchev–Trinajstić information content (AvgIpc) is 2.26. The number of nitrogens with one attached hydrogen (secondary N) is 1. The van der Waals surface area contributed by atoms with Gasteiger partial charge < -0.3 is 10.4 Å². The monoisotopic (exact) mass is 283 g/mol. The van der Waals surface area contributed by atoms with Gasteiger partial charge >= 0.3 is 5.51 Å². The maximum Gasteiger partial charge on any atom is 0.441 e. The third kappa shape index (κ3) is 6.23. The minimum absolute atomic E-state index is 0.0852. The van der Waals surface area contributed by atoms with Gasteiger partial charge in [0.05, 0.1) is 6.10 Å². The Hall–Kier alpha value is -0.790. The van der Waals surface area contributed by atoms with Crippen LogP contribution in [0.4, 0.5) is 17.6 Å². The van der Waals surface area contributed by atoms with Crippen molar-refractivity contribution in [3.05, 3.63) is 35.6 Å². The molecule has 0 radical (unpaired) electrons. The van der Waals surface area contributed by atoms with Crippen LogP contribution in [0.3, 0.4) is 0 Å². The lowest BCUT2D eigenvalue weighted by atomic mass is 10.1. The van der Waals surface area contributed by atoms with E-state index in [9.17, 15) is 22.7 Å². The fraction of sp³-hybridized carbons (Fsp3) is 0.455. The SMILES string of the molecule is OC(CNCCSC(F)(F)F)c1cccc(F)c1. The van der Waals surface area contributed by atoms with Crippen LogP contribution in [0, 0.1) is 5.82 Å². The second-order valence-corrected chi connectivity index (χ2v) is 4.73. The summed E-state index contributed by atoms with van der Waals surface area (Å²) in [5, 5.41) is 12.3. The molecule has 7 heteroatoms. The summed E-state index contributed by atoms with van der Waals surface area (Å²) in [6.45, 7) is 0.207. The number of thioether (sulfide) groups is 1. The van der Waals surface area contributed by atoms with Crippen LogP contribution in [0.2, 0.25) is 0 Å². The highest BCUT2D eigenvalue weighted by Crippen LogP contribution is 2.29. The Morgan fingerprint density at radius 1 is 1.33 bits per heavy atom. The van der Waals surface area contributed by atoms with Gasteiger partial charge in [0.15, 0.2) is 0 Å². The van der Waals surface area contributed by atoms with Gasteiger partial charge in [-0.25, -0.2) is 4.39 Å². The first-order valence-corrected chi connectivity index (χ1v) is 6.22. The molecule has 18 heavy (non-hydrogen) atoms. The maximum absolute atomic E-state index is 12.8. The van der Waals surface area contributed by atoms with Crippen LogP contribution in [-0.4, -0.2) is 29.5 Å². The number of aliphatic hydroxyl groups is 1. The lowest BCUT2D eigenvalue weighted by Crippen LogP contribution is -2.24. The Kier molecular flexibility index (Phi) is 5.90. The van der Waals surface area contributed by atoms with Crippen LogP contribution in [0.5, 0.6) is 0 Å². The molecule has 0 amide bonds. The Morgan fingerprint density at radius 3 is 2.67 bits per heavy atom. The number of rotatable bonds is 6. The van der Waals surface area contributed by atoms with Gasteiger partial charge in [0.1, 0.15) is 5.82 Å². The number of benzene rings is 1. The number of hydrogen-bond donors (Lipinski definition) is 2. The lowest BCUT2D eigenvalue weighted by Gasteiger charge is -2.12. The molecule has 0 saturated carbocycles. The smallest absolute Gasteiger partial charge is 0.387 e. The zero-order chi connectivity index (χ0) is 13.6. The quantitative estimate of drug-likeness (QED) is 0.622. The Morgan fingerprint density at radius 2 is 2.06 bits per heavy atom. The molecule has 0 aliphatic rings. The van der Waals surface area contributed by atoms with Crippen molar-refractivity contribution in [2.24, 2.45) is 0 Å². The summed E-state index contributed by atoms with van der Waals surface area (Å²) in [5.74, 6) is -0.585. The standard InChI is InChI=1S/C11H13F4NOS/c12-9-3-1-2-8(6-9)10(17)7-16-4-5-18-11(13,14)15/h1-3,6,10,16-17H,4-5,7H2. The van der Waals surface area contributed by atoms with Crippen molar-refractivity contribution < 1.29 is 22.7 Å². The summed E-state index contributed by atoms with van der Waals surface area (Å²) in [4.78, 5) is 0. The second kappa shape index (κ2) is 6.96. The lowest BCUT2D eigenvalue weighted by molar-refractivity contribution is -0.0327. The largest absolute Gasteiger partial charge is 0.441 e. The van der Waals surface area contributed by atoms with E-state index in [1.165, 1.54) is 18.2 Å². The first kappa shape index (κ1) is 15.3. The Bertz CT molecular complexity index is 372. The van der Waals surface area contributed by atoms with E-state index in [2.05, 4.69) is 5.32 Å².